The average molecular weight is 434 g/mol. The van der Waals surface area contributed by atoms with Crippen molar-refractivity contribution >= 4 is 47.2 Å². The van der Waals surface area contributed by atoms with Crippen LogP contribution in [0.5, 0.6) is 0 Å². The summed E-state index contributed by atoms with van der Waals surface area (Å²) in [4.78, 5) is 17.0. The highest BCUT2D eigenvalue weighted by Crippen LogP contribution is 2.06. The van der Waals surface area contributed by atoms with Gasteiger partial charge in [0.1, 0.15) is 0 Å². The molecule has 2 rings (SSSR count). The molecule has 22 heavy (non-hydrogen) atoms. The highest BCUT2D eigenvalue weighted by Gasteiger charge is 2.06. The lowest BCUT2D eigenvalue weighted by molar-refractivity contribution is 0.0926. The Balaban J connectivity index is 0.00000242. The standard InChI is InChI=1S/C14H18N4O2S.HI/c1-15-14(18-10-11-4-3-9-21-11)17-7-6-16-13(19)12-5-2-8-20-12;/h2-5,8-9H,6-7,10H2,1H3,(H,16,19)(H2,15,17,18);1H. The monoisotopic (exact) mass is 434 g/mol. The van der Waals surface area contributed by atoms with Gasteiger partial charge in [-0.3, -0.25) is 9.79 Å². The summed E-state index contributed by atoms with van der Waals surface area (Å²) in [5.41, 5.74) is 0. The van der Waals surface area contributed by atoms with E-state index in [0.29, 0.717) is 24.8 Å². The van der Waals surface area contributed by atoms with Gasteiger partial charge in [0.15, 0.2) is 11.7 Å². The van der Waals surface area contributed by atoms with Crippen molar-refractivity contribution in [3.63, 3.8) is 0 Å². The molecular weight excluding hydrogens is 415 g/mol. The van der Waals surface area contributed by atoms with E-state index in [-0.39, 0.29) is 29.9 Å². The van der Waals surface area contributed by atoms with Crippen LogP contribution in [-0.4, -0.2) is 32.0 Å². The van der Waals surface area contributed by atoms with Crippen molar-refractivity contribution < 1.29 is 9.21 Å². The number of carbonyl (C=O) groups excluding carboxylic acids is 1. The van der Waals surface area contributed by atoms with Gasteiger partial charge in [0.25, 0.3) is 5.91 Å². The number of furan rings is 1. The molecule has 1 amide bonds. The number of guanidine groups is 1. The third kappa shape index (κ3) is 6.06. The van der Waals surface area contributed by atoms with Crippen LogP contribution < -0.4 is 16.0 Å². The molecule has 0 aliphatic carbocycles. The molecule has 0 saturated carbocycles. The van der Waals surface area contributed by atoms with Gasteiger partial charge < -0.3 is 20.4 Å². The smallest absolute Gasteiger partial charge is 0.287 e. The lowest BCUT2D eigenvalue weighted by Gasteiger charge is -2.11. The Hall–Kier alpha value is -1.55. The second-order valence-electron chi connectivity index (χ2n) is 4.17. The van der Waals surface area contributed by atoms with Crippen molar-refractivity contribution in [3.8, 4) is 0 Å². The van der Waals surface area contributed by atoms with Gasteiger partial charge in [-0.05, 0) is 23.6 Å². The molecule has 120 valence electrons. The summed E-state index contributed by atoms with van der Waals surface area (Å²) >= 11 is 1.69. The van der Waals surface area contributed by atoms with Gasteiger partial charge in [-0.1, -0.05) is 6.07 Å². The van der Waals surface area contributed by atoms with Crippen LogP contribution in [-0.2, 0) is 6.54 Å². The molecule has 0 unspecified atom stereocenters. The summed E-state index contributed by atoms with van der Waals surface area (Å²) in [5, 5.41) is 11.1. The molecule has 3 N–H and O–H groups in total. The van der Waals surface area contributed by atoms with Gasteiger partial charge >= 0.3 is 0 Å². The van der Waals surface area contributed by atoms with E-state index in [1.165, 1.54) is 11.1 Å². The Labute approximate surface area is 150 Å². The molecule has 0 atom stereocenters. The normalized spacial score (nSPS) is 10.7. The maximum absolute atomic E-state index is 11.6. The molecule has 2 aromatic rings. The van der Waals surface area contributed by atoms with E-state index in [2.05, 4.69) is 27.0 Å². The molecule has 0 aromatic carbocycles. The van der Waals surface area contributed by atoms with E-state index in [0.717, 1.165) is 6.54 Å². The molecular formula is C14H19IN4O2S. The molecule has 2 aromatic heterocycles. The minimum Gasteiger partial charge on any atom is -0.459 e. The fourth-order valence-electron chi connectivity index (χ4n) is 1.66. The SMILES string of the molecule is CN=C(NCCNC(=O)c1ccco1)NCc1cccs1.I. The predicted octanol–water partition coefficient (Wildman–Crippen LogP) is 2.05. The number of thiophene rings is 1. The molecule has 0 spiro atoms. The van der Waals surface area contributed by atoms with Crippen molar-refractivity contribution in [2.75, 3.05) is 20.1 Å². The number of hydrogen-bond acceptors (Lipinski definition) is 4. The Bertz CT molecular complexity index is 570. The fraction of sp³-hybridized carbons (Fsp3) is 0.286. The van der Waals surface area contributed by atoms with Crippen LogP contribution in [0.2, 0.25) is 0 Å². The van der Waals surface area contributed by atoms with E-state index in [9.17, 15) is 4.79 Å². The van der Waals surface area contributed by atoms with E-state index in [1.807, 2.05) is 11.4 Å². The largest absolute Gasteiger partial charge is 0.459 e. The molecule has 8 heteroatoms. The number of carbonyl (C=O) groups is 1. The fourth-order valence-corrected chi connectivity index (χ4v) is 2.30. The summed E-state index contributed by atoms with van der Waals surface area (Å²) in [6, 6.07) is 7.39. The summed E-state index contributed by atoms with van der Waals surface area (Å²) in [6.45, 7) is 1.80. The van der Waals surface area contributed by atoms with Crippen LogP contribution in [0.1, 0.15) is 15.4 Å². The van der Waals surface area contributed by atoms with Crippen LogP contribution in [0.15, 0.2) is 45.3 Å². The predicted molar refractivity (Wildman–Crippen MR) is 99.0 cm³/mol. The zero-order valence-electron chi connectivity index (χ0n) is 12.2. The molecule has 0 fully saturated rings. The molecule has 0 bridgehead atoms. The van der Waals surface area contributed by atoms with Gasteiger partial charge in [-0.2, -0.15) is 0 Å². The minimum absolute atomic E-state index is 0. The highest BCUT2D eigenvalue weighted by molar-refractivity contribution is 14.0. The maximum Gasteiger partial charge on any atom is 0.287 e. The number of amides is 1. The van der Waals surface area contributed by atoms with Crippen molar-refractivity contribution in [3.05, 3.63) is 46.5 Å². The van der Waals surface area contributed by atoms with Crippen molar-refractivity contribution in [1.29, 1.82) is 0 Å². The summed E-state index contributed by atoms with van der Waals surface area (Å²) in [5.74, 6) is 0.800. The first-order chi connectivity index (χ1) is 10.3. The molecule has 2 heterocycles. The van der Waals surface area contributed by atoms with Crippen LogP contribution in [0.4, 0.5) is 0 Å². The Kier molecular flexibility index (Phi) is 8.60. The van der Waals surface area contributed by atoms with E-state index in [4.69, 9.17) is 4.42 Å². The zero-order chi connectivity index (χ0) is 14.9. The third-order valence-electron chi connectivity index (χ3n) is 2.68. The van der Waals surface area contributed by atoms with Gasteiger partial charge in [0.2, 0.25) is 0 Å². The second kappa shape index (κ2) is 10.2. The van der Waals surface area contributed by atoms with Gasteiger partial charge in [-0.15, -0.1) is 35.3 Å². The number of aliphatic imine (C=N–C) groups is 1. The minimum atomic E-state index is -0.219. The Morgan fingerprint density at radius 3 is 2.68 bits per heavy atom. The Morgan fingerprint density at radius 2 is 2.05 bits per heavy atom. The average Bonchev–Trinajstić information content (AvgIpc) is 3.19. The molecule has 6 nitrogen and oxygen atoms in total. The van der Waals surface area contributed by atoms with Crippen LogP contribution >= 0.6 is 35.3 Å². The number of rotatable bonds is 6. The molecule has 0 aliphatic heterocycles. The zero-order valence-corrected chi connectivity index (χ0v) is 15.3. The third-order valence-corrected chi connectivity index (χ3v) is 3.56. The number of nitrogens with zero attached hydrogens (tertiary/aromatic N) is 1. The number of nitrogens with one attached hydrogen (secondary N) is 3. The lowest BCUT2D eigenvalue weighted by Crippen LogP contribution is -2.41. The van der Waals surface area contributed by atoms with E-state index >= 15 is 0 Å². The van der Waals surface area contributed by atoms with Crippen LogP contribution in [0.25, 0.3) is 0 Å². The molecule has 0 saturated heterocycles. The summed E-state index contributed by atoms with van der Waals surface area (Å²) in [6.07, 6.45) is 1.48. The van der Waals surface area contributed by atoms with Crippen molar-refractivity contribution in [2.45, 2.75) is 6.54 Å². The van der Waals surface area contributed by atoms with E-state index < -0.39 is 0 Å². The van der Waals surface area contributed by atoms with Crippen molar-refractivity contribution in [1.82, 2.24) is 16.0 Å². The van der Waals surface area contributed by atoms with Gasteiger partial charge in [0, 0.05) is 25.0 Å². The topological polar surface area (TPSA) is 78.7 Å². The molecule has 0 aliphatic rings. The first-order valence-corrected chi connectivity index (χ1v) is 7.46. The quantitative estimate of drug-likeness (QED) is 0.282. The molecule has 0 radical (unpaired) electrons. The van der Waals surface area contributed by atoms with Crippen LogP contribution in [0, 0.1) is 0 Å². The van der Waals surface area contributed by atoms with Crippen molar-refractivity contribution in [2.24, 2.45) is 4.99 Å². The number of halogens is 1. The Morgan fingerprint density at radius 1 is 1.23 bits per heavy atom. The highest BCUT2D eigenvalue weighted by atomic mass is 127. The second-order valence-corrected chi connectivity index (χ2v) is 5.20. The van der Waals surface area contributed by atoms with Gasteiger partial charge in [-0.25, -0.2) is 0 Å². The number of hydrogen-bond donors (Lipinski definition) is 3. The first-order valence-electron chi connectivity index (χ1n) is 6.58. The van der Waals surface area contributed by atoms with Crippen LogP contribution in [0.3, 0.4) is 0 Å². The van der Waals surface area contributed by atoms with E-state index in [1.54, 1.807) is 30.5 Å². The first kappa shape index (κ1) is 18.5. The maximum atomic E-state index is 11.6. The summed E-state index contributed by atoms with van der Waals surface area (Å²) < 4.78 is 5.01. The summed E-state index contributed by atoms with van der Waals surface area (Å²) in [7, 11) is 1.71. The van der Waals surface area contributed by atoms with Gasteiger partial charge in [0.05, 0.1) is 12.8 Å². The lowest BCUT2D eigenvalue weighted by atomic mass is 10.4.